The van der Waals surface area contributed by atoms with Crippen LogP contribution >= 0.6 is 11.6 Å². The number of aromatic nitrogens is 2. The number of allylic oxidation sites excluding steroid dienone is 1. The molecule has 2 heterocycles. The highest BCUT2D eigenvalue weighted by Crippen LogP contribution is 2.42. The highest BCUT2D eigenvalue weighted by Gasteiger charge is 2.35. The van der Waals surface area contributed by atoms with Crippen molar-refractivity contribution in [1.29, 1.82) is 0 Å². The minimum Gasteiger partial charge on any atom is -0.463 e. The van der Waals surface area contributed by atoms with Gasteiger partial charge in [0.05, 0.1) is 18.4 Å². The van der Waals surface area contributed by atoms with Crippen molar-refractivity contribution < 1.29 is 9.53 Å². The molecule has 5 nitrogen and oxygen atoms in total. The van der Waals surface area contributed by atoms with Crippen LogP contribution in [0.2, 0.25) is 5.02 Å². The SMILES string of the molecule is CCOC(=O)C1=C(C)Nc2c(cnn2CC)[C@H]1c1cccc(Cl)c1. The fraction of sp³-hybridized carbons (Fsp3) is 0.333. The lowest BCUT2D eigenvalue weighted by Crippen LogP contribution is -2.25. The van der Waals surface area contributed by atoms with Crippen molar-refractivity contribution >= 4 is 23.4 Å². The summed E-state index contributed by atoms with van der Waals surface area (Å²) in [7, 11) is 0. The minimum atomic E-state index is -0.317. The number of rotatable bonds is 4. The predicted octanol–water partition coefficient (Wildman–Crippen LogP) is 3.95. The highest BCUT2D eigenvalue weighted by molar-refractivity contribution is 6.30. The van der Waals surface area contributed by atoms with Crippen molar-refractivity contribution in [2.75, 3.05) is 11.9 Å². The number of esters is 1. The third kappa shape index (κ3) is 2.80. The molecule has 6 heteroatoms. The van der Waals surface area contributed by atoms with E-state index in [0.717, 1.165) is 29.2 Å². The van der Waals surface area contributed by atoms with E-state index >= 15 is 0 Å². The number of hydrogen-bond donors (Lipinski definition) is 1. The molecule has 0 fully saturated rings. The Balaban J connectivity index is 2.18. The molecule has 0 spiro atoms. The van der Waals surface area contributed by atoms with Gasteiger partial charge in [-0.1, -0.05) is 23.7 Å². The molecule has 24 heavy (non-hydrogen) atoms. The van der Waals surface area contributed by atoms with E-state index in [0.29, 0.717) is 17.2 Å². The molecule has 2 aromatic rings. The summed E-state index contributed by atoms with van der Waals surface area (Å²) in [5.74, 6) is 0.342. The van der Waals surface area contributed by atoms with E-state index in [9.17, 15) is 4.79 Å². The van der Waals surface area contributed by atoms with Gasteiger partial charge in [-0.15, -0.1) is 0 Å². The Morgan fingerprint density at radius 2 is 2.21 bits per heavy atom. The summed E-state index contributed by atoms with van der Waals surface area (Å²) in [6.07, 6.45) is 1.81. The van der Waals surface area contributed by atoms with Crippen LogP contribution in [-0.2, 0) is 16.1 Å². The molecule has 0 aliphatic carbocycles. The maximum atomic E-state index is 12.6. The lowest BCUT2D eigenvalue weighted by atomic mass is 9.83. The average molecular weight is 346 g/mol. The second-order valence-electron chi connectivity index (χ2n) is 5.64. The summed E-state index contributed by atoms with van der Waals surface area (Å²) in [5.41, 5.74) is 3.28. The van der Waals surface area contributed by atoms with Crippen LogP contribution in [0.4, 0.5) is 5.82 Å². The number of hydrogen-bond acceptors (Lipinski definition) is 4. The summed E-state index contributed by atoms with van der Waals surface area (Å²) in [5, 5.41) is 8.38. The molecule has 1 atom stereocenters. The molecule has 126 valence electrons. The molecule has 0 radical (unpaired) electrons. The molecular weight excluding hydrogens is 326 g/mol. The van der Waals surface area contributed by atoms with Gasteiger partial charge in [-0.05, 0) is 38.5 Å². The first-order valence-electron chi connectivity index (χ1n) is 8.02. The van der Waals surface area contributed by atoms with Crippen LogP contribution in [0.25, 0.3) is 0 Å². The molecular formula is C18H20ClN3O2. The lowest BCUT2D eigenvalue weighted by Gasteiger charge is -2.28. The number of nitrogens with one attached hydrogen (secondary N) is 1. The topological polar surface area (TPSA) is 56.1 Å². The Labute approximate surface area is 146 Å². The number of carbonyl (C=O) groups is 1. The maximum absolute atomic E-state index is 12.6. The van der Waals surface area contributed by atoms with Gasteiger partial charge in [-0.2, -0.15) is 5.10 Å². The van der Waals surface area contributed by atoms with E-state index < -0.39 is 0 Å². The number of nitrogens with zero attached hydrogens (tertiary/aromatic N) is 2. The second-order valence-corrected chi connectivity index (χ2v) is 6.07. The quantitative estimate of drug-likeness (QED) is 0.852. The van der Waals surface area contributed by atoms with Crippen molar-refractivity contribution in [2.24, 2.45) is 0 Å². The molecule has 0 bridgehead atoms. The van der Waals surface area contributed by atoms with Crippen LogP contribution in [-0.4, -0.2) is 22.4 Å². The maximum Gasteiger partial charge on any atom is 0.336 e. The Kier molecular flexibility index (Phi) is 4.62. The van der Waals surface area contributed by atoms with E-state index in [-0.39, 0.29) is 11.9 Å². The molecule has 1 aliphatic rings. The smallest absolute Gasteiger partial charge is 0.336 e. The second kappa shape index (κ2) is 6.69. The summed E-state index contributed by atoms with van der Waals surface area (Å²) >= 11 is 6.18. The summed E-state index contributed by atoms with van der Waals surface area (Å²) in [6.45, 7) is 6.80. The minimum absolute atomic E-state index is 0.251. The van der Waals surface area contributed by atoms with Crippen LogP contribution in [0.5, 0.6) is 0 Å². The zero-order valence-corrected chi connectivity index (χ0v) is 14.7. The Hall–Kier alpha value is -2.27. The Morgan fingerprint density at radius 3 is 2.88 bits per heavy atom. The van der Waals surface area contributed by atoms with Crippen LogP contribution in [0, 0.1) is 0 Å². The van der Waals surface area contributed by atoms with E-state index in [1.165, 1.54) is 0 Å². The molecule has 1 aromatic carbocycles. The van der Waals surface area contributed by atoms with Gasteiger partial charge in [-0.3, -0.25) is 0 Å². The van der Waals surface area contributed by atoms with Gasteiger partial charge in [0, 0.05) is 28.7 Å². The van der Waals surface area contributed by atoms with Crippen molar-refractivity contribution in [3.63, 3.8) is 0 Å². The number of anilines is 1. The number of ether oxygens (including phenoxy) is 1. The van der Waals surface area contributed by atoms with Crippen molar-refractivity contribution in [3.05, 3.63) is 57.9 Å². The number of carbonyl (C=O) groups excluding carboxylic acids is 1. The number of benzene rings is 1. The molecule has 0 amide bonds. The first-order valence-corrected chi connectivity index (χ1v) is 8.40. The fourth-order valence-electron chi connectivity index (χ4n) is 3.12. The van der Waals surface area contributed by atoms with Crippen molar-refractivity contribution in [1.82, 2.24) is 9.78 Å². The molecule has 3 rings (SSSR count). The van der Waals surface area contributed by atoms with Crippen LogP contribution < -0.4 is 5.32 Å². The van der Waals surface area contributed by atoms with Gasteiger partial charge in [0.15, 0.2) is 0 Å². The predicted molar refractivity (Wildman–Crippen MR) is 94.2 cm³/mol. The van der Waals surface area contributed by atoms with Gasteiger partial charge in [0.2, 0.25) is 0 Å². The molecule has 1 N–H and O–H groups in total. The molecule has 0 saturated carbocycles. The van der Waals surface area contributed by atoms with Crippen LogP contribution in [0.3, 0.4) is 0 Å². The van der Waals surface area contributed by atoms with Gasteiger partial charge < -0.3 is 10.1 Å². The first-order chi connectivity index (χ1) is 11.6. The lowest BCUT2D eigenvalue weighted by molar-refractivity contribution is -0.138. The van der Waals surface area contributed by atoms with Crippen molar-refractivity contribution in [3.8, 4) is 0 Å². The third-order valence-corrected chi connectivity index (χ3v) is 4.39. The van der Waals surface area contributed by atoms with E-state index in [1.807, 2.05) is 49.0 Å². The number of halogens is 1. The van der Waals surface area contributed by atoms with E-state index in [1.54, 1.807) is 6.92 Å². The molecule has 1 aromatic heterocycles. The zero-order chi connectivity index (χ0) is 17.3. The van der Waals surface area contributed by atoms with Crippen molar-refractivity contribution in [2.45, 2.75) is 33.2 Å². The summed E-state index contributed by atoms with van der Waals surface area (Å²) < 4.78 is 7.17. The molecule has 0 saturated heterocycles. The zero-order valence-electron chi connectivity index (χ0n) is 14.0. The average Bonchev–Trinajstić information content (AvgIpc) is 2.96. The fourth-order valence-corrected chi connectivity index (χ4v) is 3.32. The van der Waals surface area contributed by atoms with Gasteiger partial charge in [0.25, 0.3) is 0 Å². The number of fused-ring (bicyclic) bond motifs is 1. The van der Waals surface area contributed by atoms with Crippen LogP contribution in [0.15, 0.2) is 41.7 Å². The van der Waals surface area contributed by atoms with Gasteiger partial charge in [0.1, 0.15) is 5.82 Å². The molecule has 0 unspecified atom stereocenters. The number of aryl methyl sites for hydroxylation is 1. The summed E-state index contributed by atoms with van der Waals surface area (Å²) in [4.78, 5) is 12.6. The third-order valence-electron chi connectivity index (χ3n) is 4.15. The van der Waals surface area contributed by atoms with E-state index in [2.05, 4.69) is 10.4 Å². The van der Waals surface area contributed by atoms with Gasteiger partial charge in [-0.25, -0.2) is 9.48 Å². The van der Waals surface area contributed by atoms with Gasteiger partial charge >= 0.3 is 5.97 Å². The first kappa shape index (κ1) is 16.6. The largest absolute Gasteiger partial charge is 0.463 e. The van der Waals surface area contributed by atoms with Crippen LogP contribution in [0.1, 0.15) is 37.8 Å². The monoisotopic (exact) mass is 345 g/mol. The van der Waals surface area contributed by atoms with E-state index in [4.69, 9.17) is 16.3 Å². The standard InChI is InChI=1S/C18H20ClN3O2/c1-4-22-17-14(10-20-22)16(12-7-6-8-13(19)9-12)15(11(3)21-17)18(23)24-5-2/h6-10,16,21H,4-5H2,1-3H3/t16-/m1/s1. The summed E-state index contributed by atoms with van der Waals surface area (Å²) in [6, 6.07) is 7.57. The highest BCUT2D eigenvalue weighted by atomic mass is 35.5. The Morgan fingerprint density at radius 1 is 1.42 bits per heavy atom. The normalized spacial score (nSPS) is 16.6. The molecule has 1 aliphatic heterocycles. The Bertz CT molecular complexity index is 810.